The van der Waals surface area contributed by atoms with E-state index in [-0.39, 0.29) is 11.5 Å². The Morgan fingerprint density at radius 3 is 2.47 bits per heavy atom. The molecule has 2 aromatic carbocycles. The summed E-state index contributed by atoms with van der Waals surface area (Å²) in [5.74, 6) is 0.689. The molecule has 30 heavy (non-hydrogen) atoms. The fourth-order valence-electron chi connectivity index (χ4n) is 3.32. The van der Waals surface area contributed by atoms with Crippen LogP contribution in [0.25, 0.3) is 16.5 Å². The van der Waals surface area contributed by atoms with Gasteiger partial charge in [-0.2, -0.15) is 5.10 Å². The lowest BCUT2D eigenvalue weighted by Gasteiger charge is -2.15. The molecular weight excluding hydrogens is 384 g/mol. The van der Waals surface area contributed by atoms with Crippen molar-refractivity contribution in [3.8, 4) is 17.2 Å². The van der Waals surface area contributed by atoms with E-state index in [0.29, 0.717) is 39.2 Å². The number of anilines is 1. The Balaban J connectivity index is 1.93. The van der Waals surface area contributed by atoms with Gasteiger partial charge < -0.3 is 14.8 Å². The summed E-state index contributed by atoms with van der Waals surface area (Å²) in [6, 6.07) is 12.1. The molecule has 0 spiro atoms. The van der Waals surface area contributed by atoms with Gasteiger partial charge in [-0.1, -0.05) is 18.2 Å². The molecule has 0 saturated carbocycles. The molecular formula is C22H20N4O4. The van der Waals surface area contributed by atoms with Crippen LogP contribution in [0.1, 0.15) is 10.4 Å². The van der Waals surface area contributed by atoms with Gasteiger partial charge in [0.25, 0.3) is 11.5 Å². The maximum absolute atomic E-state index is 13.3. The van der Waals surface area contributed by atoms with Crippen LogP contribution in [0.5, 0.6) is 11.5 Å². The van der Waals surface area contributed by atoms with Crippen LogP contribution in [0.3, 0.4) is 0 Å². The van der Waals surface area contributed by atoms with E-state index in [1.54, 1.807) is 73.7 Å². The first-order valence-electron chi connectivity index (χ1n) is 9.18. The van der Waals surface area contributed by atoms with Crippen LogP contribution >= 0.6 is 0 Å². The van der Waals surface area contributed by atoms with E-state index in [1.807, 2.05) is 0 Å². The Morgan fingerprint density at radius 2 is 1.80 bits per heavy atom. The van der Waals surface area contributed by atoms with Crippen LogP contribution in [0.15, 0.2) is 65.8 Å². The minimum absolute atomic E-state index is 0.268. The highest BCUT2D eigenvalue weighted by Crippen LogP contribution is 2.28. The van der Waals surface area contributed by atoms with Crippen molar-refractivity contribution < 1.29 is 14.3 Å². The molecule has 1 N–H and O–H groups in total. The SMILES string of the molecule is COc1ccc(OC)c(-n2cc(C(=O)Nc3cnn(C)c3)c3ccccc3c2=O)c1. The summed E-state index contributed by atoms with van der Waals surface area (Å²) in [5.41, 5.74) is 1.11. The van der Waals surface area contributed by atoms with Gasteiger partial charge >= 0.3 is 0 Å². The number of nitrogens with zero attached hydrogens (tertiary/aromatic N) is 3. The van der Waals surface area contributed by atoms with Crippen LogP contribution in [-0.2, 0) is 7.05 Å². The summed E-state index contributed by atoms with van der Waals surface area (Å²) in [7, 11) is 4.83. The molecule has 0 radical (unpaired) electrons. The number of aromatic nitrogens is 3. The molecule has 0 aliphatic rings. The van der Waals surface area contributed by atoms with Crippen molar-refractivity contribution in [1.82, 2.24) is 14.3 Å². The summed E-state index contributed by atoms with van der Waals surface area (Å²) < 4.78 is 13.7. The van der Waals surface area contributed by atoms with E-state index < -0.39 is 0 Å². The minimum atomic E-state index is -0.352. The molecule has 8 nitrogen and oxygen atoms in total. The monoisotopic (exact) mass is 404 g/mol. The van der Waals surface area contributed by atoms with Gasteiger partial charge in [-0.25, -0.2) is 0 Å². The van der Waals surface area contributed by atoms with Gasteiger partial charge in [0, 0.05) is 36.3 Å². The highest BCUT2D eigenvalue weighted by atomic mass is 16.5. The zero-order chi connectivity index (χ0) is 21.3. The third-order valence-corrected chi connectivity index (χ3v) is 4.78. The summed E-state index contributed by atoms with van der Waals surface area (Å²) in [5, 5.41) is 7.87. The molecule has 0 bridgehead atoms. The zero-order valence-corrected chi connectivity index (χ0v) is 16.7. The van der Waals surface area contributed by atoms with Gasteiger partial charge in [0.05, 0.1) is 37.4 Å². The van der Waals surface area contributed by atoms with Crippen LogP contribution < -0.4 is 20.3 Å². The lowest BCUT2D eigenvalue weighted by atomic mass is 10.1. The number of benzene rings is 2. The number of pyridine rings is 1. The lowest BCUT2D eigenvalue weighted by molar-refractivity contribution is 0.102. The topological polar surface area (TPSA) is 87.4 Å². The normalized spacial score (nSPS) is 10.8. The molecule has 1 amide bonds. The van der Waals surface area contributed by atoms with Gasteiger partial charge in [0.15, 0.2) is 0 Å². The fourth-order valence-corrected chi connectivity index (χ4v) is 3.32. The molecule has 4 aromatic rings. The zero-order valence-electron chi connectivity index (χ0n) is 16.7. The molecule has 0 atom stereocenters. The van der Waals surface area contributed by atoms with Crippen molar-refractivity contribution in [3.63, 3.8) is 0 Å². The standard InChI is InChI=1S/C22H20N4O4/c1-25-12-14(11-23-25)24-21(27)18-13-26(22(28)17-7-5-4-6-16(17)18)19-10-15(29-2)8-9-20(19)30-3/h4-13H,1-3H3,(H,24,27). The van der Waals surface area contributed by atoms with Crippen molar-refractivity contribution in [2.24, 2.45) is 7.05 Å². The van der Waals surface area contributed by atoms with Gasteiger partial charge in [-0.3, -0.25) is 18.8 Å². The molecule has 2 aromatic heterocycles. The average molecular weight is 404 g/mol. The number of amides is 1. The van der Waals surface area contributed by atoms with Gasteiger partial charge in [0.2, 0.25) is 0 Å². The van der Waals surface area contributed by atoms with E-state index in [1.165, 1.54) is 17.9 Å². The molecule has 4 rings (SSSR count). The van der Waals surface area contributed by atoms with Crippen LogP contribution in [-0.4, -0.2) is 34.5 Å². The number of hydrogen-bond acceptors (Lipinski definition) is 5. The van der Waals surface area contributed by atoms with Crippen LogP contribution in [0.4, 0.5) is 5.69 Å². The Kier molecular flexibility index (Phi) is 4.97. The highest BCUT2D eigenvalue weighted by molar-refractivity contribution is 6.12. The van der Waals surface area contributed by atoms with E-state index in [9.17, 15) is 9.59 Å². The quantitative estimate of drug-likeness (QED) is 0.553. The molecule has 152 valence electrons. The third-order valence-electron chi connectivity index (χ3n) is 4.78. The Hall–Kier alpha value is -4.07. The predicted molar refractivity (Wildman–Crippen MR) is 114 cm³/mol. The molecule has 8 heteroatoms. The van der Waals surface area contributed by atoms with E-state index in [0.717, 1.165) is 0 Å². The second kappa shape index (κ2) is 7.75. The smallest absolute Gasteiger partial charge is 0.263 e. The summed E-state index contributed by atoms with van der Waals surface area (Å²) in [6.07, 6.45) is 4.77. The van der Waals surface area contributed by atoms with Gasteiger partial charge in [-0.05, 0) is 18.2 Å². The predicted octanol–water partition coefficient (Wildman–Crippen LogP) is 2.99. The second-order valence-corrected chi connectivity index (χ2v) is 6.66. The highest BCUT2D eigenvalue weighted by Gasteiger charge is 2.18. The molecule has 0 saturated heterocycles. The number of fused-ring (bicyclic) bond motifs is 1. The number of methoxy groups -OCH3 is 2. The van der Waals surface area contributed by atoms with E-state index >= 15 is 0 Å². The molecule has 0 unspecified atom stereocenters. The van der Waals surface area contributed by atoms with Crippen molar-refractivity contribution in [3.05, 3.63) is 77.0 Å². The van der Waals surface area contributed by atoms with E-state index in [4.69, 9.17) is 9.47 Å². The number of carbonyl (C=O) groups excluding carboxylic acids is 1. The maximum Gasteiger partial charge on any atom is 0.263 e. The number of rotatable bonds is 5. The number of hydrogen-bond donors (Lipinski definition) is 1. The second-order valence-electron chi connectivity index (χ2n) is 6.66. The summed E-state index contributed by atoms with van der Waals surface area (Å²) in [4.78, 5) is 26.3. The van der Waals surface area contributed by atoms with E-state index in [2.05, 4.69) is 10.4 Å². The van der Waals surface area contributed by atoms with Gasteiger partial charge in [0.1, 0.15) is 11.5 Å². The molecule has 0 aliphatic heterocycles. The van der Waals surface area contributed by atoms with Crippen molar-refractivity contribution in [2.45, 2.75) is 0 Å². The first kappa shape index (κ1) is 19.3. The Morgan fingerprint density at radius 1 is 1.03 bits per heavy atom. The first-order valence-corrected chi connectivity index (χ1v) is 9.18. The van der Waals surface area contributed by atoms with Crippen molar-refractivity contribution in [2.75, 3.05) is 19.5 Å². The van der Waals surface area contributed by atoms with Crippen LogP contribution in [0.2, 0.25) is 0 Å². The lowest BCUT2D eigenvalue weighted by Crippen LogP contribution is -2.23. The number of nitrogens with one attached hydrogen (secondary N) is 1. The fraction of sp³-hybridized carbons (Fsp3) is 0.136. The van der Waals surface area contributed by atoms with Crippen LogP contribution in [0, 0.1) is 0 Å². The third kappa shape index (κ3) is 3.39. The largest absolute Gasteiger partial charge is 0.497 e. The Bertz CT molecular complexity index is 1310. The number of ether oxygens (including phenoxy) is 2. The van der Waals surface area contributed by atoms with Crippen molar-refractivity contribution in [1.29, 1.82) is 0 Å². The summed E-state index contributed by atoms with van der Waals surface area (Å²) in [6.45, 7) is 0. The first-order chi connectivity index (χ1) is 14.5. The molecule has 2 heterocycles. The maximum atomic E-state index is 13.3. The number of carbonyl (C=O) groups is 1. The Labute approximate surface area is 172 Å². The van der Waals surface area contributed by atoms with Crippen molar-refractivity contribution >= 4 is 22.4 Å². The van der Waals surface area contributed by atoms with Gasteiger partial charge in [-0.15, -0.1) is 0 Å². The summed E-state index contributed by atoms with van der Waals surface area (Å²) >= 11 is 0. The average Bonchev–Trinajstić information content (AvgIpc) is 3.18. The molecule has 0 aliphatic carbocycles. The number of aryl methyl sites for hydroxylation is 1. The minimum Gasteiger partial charge on any atom is -0.497 e. The molecule has 0 fully saturated rings.